The van der Waals surface area contributed by atoms with Crippen LogP contribution in [0.4, 0.5) is 24.9 Å². The lowest BCUT2D eigenvalue weighted by atomic mass is 10.0. The number of furan rings is 1. The Balaban J connectivity index is 1.75. The number of alkyl halides is 3. The van der Waals surface area contributed by atoms with E-state index in [2.05, 4.69) is 27.5 Å². The number of hydrogen-bond donors (Lipinski definition) is 2. The standard InChI is InChI=1S/C18H22F3N5OS/c1-11-4-3-7-26(10-11)15-8-14(18(19,20)21)23-16(24-15)25-17(28)22-9-13-6-5-12(2)27-13/h5-6,8,11H,3-4,7,9-10H2,1-2H3,(H2,22,23,24,25,28). The first-order valence-corrected chi connectivity index (χ1v) is 9.43. The summed E-state index contributed by atoms with van der Waals surface area (Å²) in [4.78, 5) is 9.71. The summed E-state index contributed by atoms with van der Waals surface area (Å²) >= 11 is 5.16. The molecule has 0 bridgehead atoms. The maximum absolute atomic E-state index is 13.3. The minimum atomic E-state index is -4.57. The first-order chi connectivity index (χ1) is 13.2. The summed E-state index contributed by atoms with van der Waals surface area (Å²) < 4.78 is 45.3. The molecule has 0 spiro atoms. The molecule has 152 valence electrons. The summed E-state index contributed by atoms with van der Waals surface area (Å²) in [7, 11) is 0. The second-order valence-corrected chi connectivity index (χ2v) is 7.35. The number of aromatic nitrogens is 2. The highest BCUT2D eigenvalue weighted by molar-refractivity contribution is 7.80. The highest BCUT2D eigenvalue weighted by atomic mass is 32.1. The van der Waals surface area contributed by atoms with E-state index in [1.807, 2.05) is 17.9 Å². The Morgan fingerprint density at radius 3 is 2.79 bits per heavy atom. The van der Waals surface area contributed by atoms with E-state index in [1.165, 1.54) is 0 Å². The van der Waals surface area contributed by atoms with Crippen LogP contribution >= 0.6 is 12.2 Å². The highest BCUT2D eigenvalue weighted by Crippen LogP contribution is 2.31. The zero-order valence-electron chi connectivity index (χ0n) is 15.6. The van der Waals surface area contributed by atoms with E-state index in [9.17, 15) is 13.2 Å². The van der Waals surface area contributed by atoms with E-state index in [4.69, 9.17) is 16.6 Å². The van der Waals surface area contributed by atoms with Crippen LogP contribution in [0.2, 0.25) is 0 Å². The number of piperidine rings is 1. The van der Waals surface area contributed by atoms with Gasteiger partial charge in [0.15, 0.2) is 10.8 Å². The molecule has 6 nitrogen and oxygen atoms in total. The Morgan fingerprint density at radius 1 is 1.36 bits per heavy atom. The summed E-state index contributed by atoms with van der Waals surface area (Å²) in [5, 5.41) is 5.65. The molecule has 1 atom stereocenters. The van der Waals surface area contributed by atoms with Gasteiger partial charge in [0.25, 0.3) is 0 Å². The predicted octanol–water partition coefficient (Wildman–Crippen LogP) is 4.12. The lowest BCUT2D eigenvalue weighted by Gasteiger charge is -2.32. The van der Waals surface area contributed by atoms with Gasteiger partial charge in [-0.3, -0.25) is 0 Å². The molecule has 2 aromatic rings. The zero-order chi connectivity index (χ0) is 20.3. The third-order valence-electron chi connectivity index (χ3n) is 4.43. The average molecular weight is 413 g/mol. The molecule has 2 N–H and O–H groups in total. The molecule has 1 aliphatic rings. The van der Waals surface area contributed by atoms with Crippen molar-refractivity contribution in [2.75, 3.05) is 23.3 Å². The van der Waals surface area contributed by atoms with Crippen molar-refractivity contribution in [2.45, 2.75) is 39.4 Å². The van der Waals surface area contributed by atoms with Gasteiger partial charge in [-0.15, -0.1) is 0 Å². The fourth-order valence-electron chi connectivity index (χ4n) is 3.09. The van der Waals surface area contributed by atoms with E-state index >= 15 is 0 Å². The van der Waals surface area contributed by atoms with Gasteiger partial charge in [0.2, 0.25) is 5.95 Å². The van der Waals surface area contributed by atoms with Crippen molar-refractivity contribution in [2.24, 2.45) is 5.92 Å². The minimum absolute atomic E-state index is 0.117. The van der Waals surface area contributed by atoms with Crippen molar-refractivity contribution in [3.63, 3.8) is 0 Å². The van der Waals surface area contributed by atoms with E-state index in [0.717, 1.165) is 24.7 Å². The average Bonchev–Trinajstić information content (AvgIpc) is 3.04. The van der Waals surface area contributed by atoms with Crippen LogP contribution in [0, 0.1) is 12.8 Å². The van der Waals surface area contributed by atoms with Gasteiger partial charge >= 0.3 is 6.18 Å². The number of nitrogens with zero attached hydrogens (tertiary/aromatic N) is 3. The summed E-state index contributed by atoms with van der Waals surface area (Å²) in [5.41, 5.74) is -0.998. The van der Waals surface area contributed by atoms with Crippen LogP contribution in [0.3, 0.4) is 0 Å². The Hall–Kier alpha value is -2.36. The van der Waals surface area contributed by atoms with Gasteiger partial charge in [-0.25, -0.2) is 4.98 Å². The number of rotatable bonds is 4. The Bertz CT molecular complexity index is 839. The molecule has 0 saturated carbocycles. The molecule has 0 amide bonds. The third kappa shape index (κ3) is 5.34. The zero-order valence-corrected chi connectivity index (χ0v) is 16.5. The van der Waals surface area contributed by atoms with E-state index in [-0.39, 0.29) is 16.9 Å². The Kier molecular flexibility index (Phi) is 6.07. The molecular weight excluding hydrogens is 391 g/mol. The van der Waals surface area contributed by atoms with Crippen LogP contribution in [-0.4, -0.2) is 28.2 Å². The van der Waals surface area contributed by atoms with Crippen molar-refractivity contribution in [3.8, 4) is 0 Å². The number of thiocarbonyl (C=S) groups is 1. The smallest absolute Gasteiger partial charge is 0.433 e. The SMILES string of the molecule is Cc1ccc(CNC(=S)Nc2nc(N3CCCC(C)C3)cc(C(F)(F)F)n2)o1. The molecule has 0 aromatic carbocycles. The molecule has 1 fully saturated rings. The summed E-state index contributed by atoms with van der Waals surface area (Å²) in [6.45, 7) is 5.52. The first-order valence-electron chi connectivity index (χ1n) is 9.02. The normalized spacial score (nSPS) is 17.5. The number of hydrogen-bond acceptors (Lipinski definition) is 5. The fraction of sp³-hybridized carbons (Fsp3) is 0.500. The van der Waals surface area contributed by atoms with Crippen molar-refractivity contribution in [1.82, 2.24) is 15.3 Å². The predicted molar refractivity (Wildman–Crippen MR) is 104 cm³/mol. The fourth-order valence-corrected chi connectivity index (χ4v) is 3.25. The van der Waals surface area contributed by atoms with Gasteiger partial charge in [0.1, 0.15) is 17.3 Å². The number of nitrogens with one attached hydrogen (secondary N) is 2. The molecular formula is C18H22F3N5OS. The highest BCUT2D eigenvalue weighted by Gasteiger charge is 2.34. The molecule has 28 heavy (non-hydrogen) atoms. The van der Waals surface area contributed by atoms with E-state index < -0.39 is 11.9 Å². The number of aryl methyl sites for hydroxylation is 1. The monoisotopic (exact) mass is 413 g/mol. The van der Waals surface area contributed by atoms with Crippen LogP contribution in [0.1, 0.15) is 37.0 Å². The van der Waals surface area contributed by atoms with Gasteiger partial charge in [-0.1, -0.05) is 6.92 Å². The second-order valence-electron chi connectivity index (χ2n) is 6.95. The summed E-state index contributed by atoms with van der Waals surface area (Å²) in [6.07, 6.45) is -2.60. The topological polar surface area (TPSA) is 66.2 Å². The van der Waals surface area contributed by atoms with Crippen molar-refractivity contribution < 1.29 is 17.6 Å². The Morgan fingerprint density at radius 2 is 2.14 bits per heavy atom. The van der Waals surface area contributed by atoms with Crippen molar-refractivity contribution in [3.05, 3.63) is 35.4 Å². The summed E-state index contributed by atoms with van der Waals surface area (Å²) in [6, 6.07) is 4.60. The lowest BCUT2D eigenvalue weighted by molar-refractivity contribution is -0.141. The molecule has 1 aliphatic heterocycles. The van der Waals surface area contributed by atoms with Gasteiger partial charge in [0, 0.05) is 19.2 Å². The molecule has 2 aromatic heterocycles. The van der Waals surface area contributed by atoms with Gasteiger partial charge < -0.3 is 20.0 Å². The van der Waals surface area contributed by atoms with Crippen molar-refractivity contribution >= 4 is 29.1 Å². The molecule has 1 saturated heterocycles. The van der Waals surface area contributed by atoms with Gasteiger partial charge in [0.05, 0.1) is 6.54 Å². The van der Waals surface area contributed by atoms with E-state index in [1.54, 1.807) is 6.07 Å². The minimum Gasteiger partial charge on any atom is -0.465 e. The molecule has 0 radical (unpaired) electrons. The third-order valence-corrected chi connectivity index (χ3v) is 4.67. The number of halogens is 3. The van der Waals surface area contributed by atoms with Crippen molar-refractivity contribution in [1.29, 1.82) is 0 Å². The second kappa shape index (κ2) is 8.34. The van der Waals surface area contributed by atoms with Crippen LogP contribution < -0.4 is 15.5 Å². The first kappa shape index (κ1) is 20.4. The van der Waals surface area contributed by atoms with Gasteiger partial charge in [-0.2, -0.15) is 18.2 Å². The lowest BCUT2D eigenvalue weighted by Crippen LogP contribution is -2.35. The van der Waals surface area contributed by atoms with Crippen LogP contribution in [-0.2, 0) is 12.7 Å². The van der Waals surface area contributed by atoms with Crippen LogP contribution in [0.15, 0.2) is 22.6 Å². The van der Waals surface area contributed by atoms with E-state index in [0.29, 0.717) is 31.3 Å². The maximum atomic E-state index is 13.3. The molecule has 1 unspecified atom stereocenters. The van der Waals surface area contributed by atoms with Crippen LogP contribution in [0.25, 0.3) is 0 Å². The molecule has 3 rings (SSSR count). The van der Waals surface area contributed by atoms with Crippen LogP contribution in [0.5, 0.6) is 0 Å². The van der Waals surface area contributed by atoms with Gasteiger partial charge in [-0.05, 0) is 50.0 Å². The molecule has 0 aliphatic carbocycles. The molecule has 3 heterocycles. The summed E-state index contributed by atoms with van der Waals surface area (Å²) in [5.74, 6) is 1.89. The molecule has 10 heteroatoms. The number of anilines is 2. The quantitative estimate of drug-likeness (QED) is 0.731. The maximum Gasteiger partial charge on any atom is 0.433 e. The Labute approximate surface area is 166 Å². The largest absolute Gasteiger partial charge is 0.465 e.